The first-order chi connectivity index (χ1) is 12.8. The van der Waals surface area contributed by atoms with E-state index in [2.05, 4.69) is 0 Å². The average molecular weight is 372 g/mol. The molecule has 1 amide bonds. The number of halogens is 3. The second-order valence-electron chi connectivity index (χ2n) is 5.96. The van der Waals surface area contributed by atoms with Gasteiger partial charge in [-0.1, -0.05) is 42.5 Å². The molecular formula is C21H19F3N2O. The Morgan fingerprint density at radius 2 is 1.74 bits per heavy atom. The summed E-state index contributed by atoms with van der Waals surface area (Å²) in [6, 6.07) is 15.5. The monoisotopic (exact) mass is 372 g/mol. The van der Waals surface area contributed by atoms with Gasteiger partial charge in [0, 0.05) is 12.6 Å². The Hall–Kier alpha value is -3.07. The molecule has 0 spiro atoms. The zero-order valence-electron chi connectivity index (χ0n) is 15.0. The topological polar surface area (TPSA) is 44.1 Å². The van der Waals surface area contributed by atoms with Crippen molar-refractivity contribution in [3.05, 3.63) is 77.4 Å². The zero-order valence-corrected chi connectivity index (χ0v) is 15.0. The van der Waals surface area contributed by atoms with Crippen molar-refractivity contribution in [2.45, 2.75) is 26.1 Å². The lowest BCUT2D eigenvalue weighted by molar-refractivity contribution is -0.128. The molecule has 0 saturated carbocycles. The van der Waals surface area contributed by atoms with Gasteiger partial charge in [0.15, 0.2) is 0 Å². The maximum Gasteiger partial charge on any atom is 0.417 e. The average Bonchev–Trinajstić information content (AvgIpc) is 2.66. The highest BCUT2D eigenvalue weighted by Crippen LogP contribution is 2.34. The second kappa shape index (κ2) is 8.54. The summed E-state index contributed by atoms with van der Waals surface area (Å²) in [6.45, 7) is 3.70. The first-order valence-electron chi connectivity index (χ1n) is 8.43. The van der Waals surface area contributed by atoms with Gasteiger partial charge < -0.3 is 4.90 Å². The summed E-state index contributed by atoms with van der Waals surface area (Å²) in [6.07, 6.45) is -3.99. The molecule has 3 nitrogen and oxygen atoms in total. The van der Waals surface area contributed by atoms with Gasteiger partial charge in [-0.15, -0.1) is 0 Å². The third-order valence-corrected chi connectivity index (χ3v) is 4.27. The molecule has 1 unspecified atom stereocenters. The summed E-state index contributed by atoms with van der Waals surface area (Å²) >= 11 is 0. The van der Waals surface area contributed by atoms with Crippen molar-refractivity contribution in [3.8, 4) is 6.07 Å². The molecule has 0 aliphatic carbocycles. The van der Waals surface area contributed by atoms with Crippen LogP contribution < -0.4 is 0 Å². The minimum atomic E-state index is -4.64. The molecule has 0 N–H and O–H groups in total. The van der Waals surface area contributed by atoms with E-state index in [1.807, 2.05) is 6.07 Å². The lowest BCUT2D eigenvalue weighted by atomic mass is 10.0. The number of amides is 1. The summed E-state index contributed by atoms with van der Waals surface area (Å²) < 4.78 is 40.4. The predicted octanol–water partition coefficient (Wildman–Crippen LogP) is 5.11. The highest BCUT2D eigenvalue weighted by molar-refractivity contribution is 5.96. The van der Waals surface area contributed by atoms with E-state index >= 15 is 0 Å². The Labute approximate surface area is 156 Å². The van der Waals surface area contributed by atoms with Crippen LogP contribution in [0.25, 0.3) is 5.57 Å². The smallest absolute Gasteiger partial charge is 0.333 e. The number of hydrogen-bond acceptors (Lipinski definition) is 2. The fraction of sp³-hybridized carbons (Fsp3) is 0.238. The third kappa shape index (κ3) is 4.98. The second-order valence-corrected chi connectivity index (χ2v) is 5.96. The van der Waals surface area contributed by atoms with E-state index in [4.69, 9.17) is 5.26 Å². The Kier molecular flexibility index (Phi) is 6.40. The Bertz CT molecular complexity index is 850. The molecule has 0 aliphatic rings. The standard InChI is InChI=1S/C21H19F3N2O/c1-3-26(15(2)17-11-9-16(14-25)10-12-17)20(27)13-19(21(22,23)24)18-7-5-4-6-8-18/h4-13,15H,3H2,1-2H3/b19-13-. The largest absolute Gasteiger partial charge is 0.417 e. The van der Waals surface area contributed by atoms with Gasteiger partial charge in [-0.05, 0) is 37.1 Å². The number of rotatable bonds is 5. The molecule has 1 atom stereocenters. The summed E-state index contributed by atoms with van der Waals surface area (Å²) in [5.41, 5.74) is 0.188. The van der Waals surface area contributed by atoms with E-state index in [1.165, 1.54) is 29.2 Å². The molecule has 0 heterocycles. The predicted molar refractivity (Wildman–Crippen MR) is 97.4 cm³/mol. The molecule has 2 aromatic rings. The van der Waals surface area contributed by atoms with Crippen molar-refractivity contribution in [1.29, 1.82) is 5.26 Å². The van der Waals surface area contributed by atoms with Gasteiger partial charge >= 0.3 is 6.18 Å². The summed E-state index contributed by atoms with van der Waals surface area (Å²) in [5.74, 6) is -0.717. The van der Waals surface area contributed by atoms with Crippen molar-refractivity contribution in [3.63, 3.8) is 0 Å². The number of alkyl halides is 3. The van der Waals surface area contributed by atoms with E-state index in [9.17, 15) is 18.0 Å². The molecule has 0 radical (unpaired) electrons. The first-order valence-corrected chi connectivity index (χ1v) is 8.43. The van der Waals surface area contributed by atoms with E-state index in [1.54, 1.807) is 44.2 Å². The summed E-state index contributed by atoms with van der Waals surface area (Å²) in [7, 11) is 0. The van der Waals surface area contributed by atoms with Crippen molar-refractivity contribution in [2.75, 3.05) is 6.54 Å². The maximum atomic E-state index is 13.5. The zero-order chi connectivity index (χ0) is 20.0. The quantitative estimate of drug-likeness (QED) is 0.684. The van der Waals surface area contributed by atoms with Crippen LogP contribution in [0.2, 0.25) is 0 Å². The molecule has 0 fully saturated rings. The van der Waals surface area contributed by atoms with Crippen molar-refractivity contribution < 1.29 is 18.0 Å². The van der Waals surface area contributed by atoms with E-state index in [0.29, 0.717) is 11.6 Å². The van der Waals surface area contributed by atoms with Crippen LogP contribution in [0.4, 0.5) is 13.2 Å². The number of benzene rings is 2. The van der Waals surface area contributed by atoms with Gasteiger partial charge in [0.2, 0.25) is 5.91 Å². The fourth-order valence-electron chi connectivity index (χ4n) is 2.79. The highest BCUT2D eigenvalue weighted by Gasteiger charge is 2.36. The number of carbonyl (C=O) groups is 1. The van der Waals surface area contributed by atoms with Crippen LogP contribution >= 0.6 is 0 Å². The number of likely N-dealkylation sites (N-methyl/N-ethyl adjacent to an activating group) is 1. The molecule has 2 rings (SSSR count). The minimum absolute atomic E-state index is 0.0552. The van der Waals surface area contributed by atoms with Gasteiger partial charge in [0.05, 0.1) is 23.2 Å². The molecular weight excluding hydrogens is 353 g/mol. The Balaban J connectivity index is 2.35. The summed E-state index contributed by atoms with van der Waals surface area (Å²) in [4.78, 5) is 14.0. The van der Waals surface area contributed by atoms with E-state index in [-0.39, 0.29) is 12.1 Å². The van der Waals surface area contributed by atoms with E-state index in [0.717, 1.165) is 5.56 Å². The van der Waals surface area contributed by atoms with Crippen molar-refractivity contribution >= 4 is 11.5 Å². The molecule has 140 valence electrons. The van der Waals surface area contributed by atoms with Gasteiger partial charge in [0.25, 0.3) is 0 Å². The van der Waals surface area contributed by atoms with Gasteiger partial charge in [-0.2, -0.15) is 18.4 Å². The fourth-order valence-corrected chi connectivity index (χ4v) is 2.79. The van der Waals surface area contributed by atoms with Crippen LogP contribution in [0, 0.1) is 11.3 Å². The molecule has 0 saturated heterocycles. The van der Waals surface area contributed by atoms with Crippen LogP contribution in [-0.2, 0) is 4.79 Å². The molecule has 2 aromatic carbocycles. The van der Waals surface area contributed by atoms with Crippen LogP contribution in [0.1, 0.15) is 36.6 Å². The normalized spacial score (nSPS) is 13.0. The van der Waals surface area contributed by atoms with Crippen LogP contribution in [0.5, 0.6) is 0 Å². The Morgan fingerprint density at radius 3 is 2.22 bits per heavy atom. The number of carbonyl (C=O) groups excluding carboxylic acids is 1. The SMILES string of the molecule is CCN(C(=O)/C=C(/c1ccccc1)C(F)(F)F)C(C)c1ccc(C#N)cc1. The minimum Gasteiger partial charge on any atom is -0.333 e. The molecule has 0 aromatic heterocycles. The Morgan fingerprint density at radius 1 is 1.15 bits per heavy atom. The summed E-state index contributed by atoms with van der Waals surface area (Å²) in [5, 5.41) is 8.87. The number of nitrogens with zero attached hydrogens (tertiary/aromatic N) is 2. The van der Waals surface area contributed by atoms with Gasteiger partial charge in [-0.3, -0.25) is 4.79 Å². The van der Waals surface area contributed by atoms with Crippen molar-refractivity contribution in [2.24, 2.45) is 0 Å². The molecule has 0 bridgehead atoms. The molecule has 0 aliphatic heterocycles. The highest BCUT2D eigenvalue weighted by atomic mass is 19.4. The van der Waals surface area contributed by atoms with Crippen LogP contribution in [0.15, 0.2) is 60.7 Å². The van der Waals surface area contributed by atoms with Crippen LogP contribution in [0.3, 0.4) is 0 Å². The lowest BCUT2D eigenvalue weighted by Crippen LogP contribution is -2.32. The number of hydrogen-bond donors (Lipinski definition) is 0. The van der Waals surface area contributed by atoms with Gasteiger partial charge in [0.1, 0.15) is 0 Å². The van der Waals surface area contributed by atoms with Crippen LogP contribution in [-0.4, -0.2) is 23.5 Å². The number of allylic oxidation sites excluding steroid dienone is 1. The third-order valence-electron chi connectivity index (χ3n) is 4.27. The van der Waals surface area contributed by atoms with Crippen molar-refractivity contribution in [1.82, 2.24) is 4.90 Å². The molecule has 27 heavy (non-hydrogen) atoms. The van der Waals surface area contributed by atoms with E-state index < -0.39 is 23.7 Å². The van der Waals surface area contributed by atoms with Gasteiger partial charge in [-0.25, -0.2) is 0 Å². The number of nitriles is 1. The maximum absolute atomic E-state index is 13.5. The first kappa shape index (κ1) is 20.2. The molecule has 6 heteroatoms. The lowest BCUT2D eigenvalue weighted by Gasteiger charge is -2.28.